The number of unbranched alkanes of at least 4 members (excludes halogenated alkanes) is 1. The summed E-state index contributed by atoms with van der Waals surface area (Å²) in [6, 6.07) is 4.21. The topological polar surface area (TPSA) is 71.0 Å². The average molecular weight is 406 g/mol. The number of pyridine rings is 1. The summed E-state index contributed by atoms with van der Waals surface area (Å²) in [5.74, 6) is 1.89. The van der Waals surface area contributed by atoms with Gasteiger partial charge in [0.2, 0.25) is 0 Å². The van der Waals surface area contributed by atoms with E-state index < -0.39 is 0 Å². The first-order valence-electron chi connectivity index (χ1n) is 11.2. The van der Waals surface area contributed by atoms with Crippen LogP contribution in [0.4, 0.5) is 5.82 Å². The summed E-state index contributed by atoms with van der Waals surface area (Å²) in [5.41, 5.74) is 1.18. The Labute approximate surface area is 176 Å². The molecule has 0 aliphatic carbocycles. The van der Waals surface area contributed by atoms with E-state index in [0.717, 1.165) is 57.4 Å². The summed E-state index contributed by atoms with van der Waals surface area (Å²) >= 11 is 0. The fourth-order valence-corrected chi connectivity index (χ4v) is 3.18. The lowest BCUT2D eigenvalue weighted by atomic mass is 10.1. The minimum absolute atomic E-state index is 0.630. The highest BCUT2D eigenvalue weighted by Gasteiger charge is 2.12. The van der Waals surface area contributed by atoms with Crippen LogP contribution in [0.1, 0.15) is 51.5 Å². The van der Waals surface area contributed by atoms with Gasteiger partial charge in [0, 0.05) is 39.0 Å². The normalized spacial score (nSPS) is 14.8. The number of aromatic nitrogens is 1. The third-order valence-electron chi connectivity index (χ3n) is 4.81. The van der Waals surface area contributed by atoms with E-state index in [1.807, 2.05) is 12.3 Å². The molecule has 164 valence electrons. The number of hydrogen-bond donors (Lipinski definition) is 2. The molecular formula is C22H39N5O2. The zero-order chi connectivity index (χ0) is 20.6. The molecule has 0 radical (unpaired) electrons. The maximum atomic E-state index is 5.60. The summed E-state index contributed by atoms with van der Waals surface area (Å²) < 4.78 is 11.1. The molecule has 1 aromatic heterocycles. The Balaban J connectivity index is 1.71. The van der Waals surface area contributed by atoms with Gasteiger partial charge in [-0.25, -0.2) is 9.98 Å². The van der Waals surface area contributed by atoms with Gasteiger partial charge >= 0.3 is 0 Å². The van der Waals surface area contributed by atoms with Crippen LogP contribution in [-0.2, 0) is 16.0 Å². The molecule has 0 spiro atoms. The van der Waals surface area contributed by atoms with Crippen molar-refractivity contribution in [2.24, 2.45) is 4.99 Å². The lowest BCUT2D eigenvalue weighted by Gasteiger charge is -2.27. The highest BCUT2D eigenvalue weighted by atomic mass is 16.5. The van der Waals surface area contributed by atoms with Crippen molar-refractivity contribution < 1.29 is 9.47 Å². The monoisotopic (exact) mass is 405 g/mol. The Morgan fingerprint density at radius 3 is 2.62 bits per heavy atom. The highest BCUT2D eigenvalue weighted by Crippen LogP contribution is 2.18. The van der Waals surface area contributed by atoms with Crippen molar-refractivity contribution in [1.82, 2.24) is 15.6 Å². The van der Waals surface area contributed by atoms with Crippen LogP contribution in [-0.4, -0.2) is 63.6 Å². The van der Waals surface area contributed by atoms with Crippen molar-refractivity contribution in [3.05, 3.63) is 23.9 Å². The van der Waals surface area contributed by atoms with Gasteiger partial charge in [-0.1, -0.05) is 13.3 Å². The smallest absolute Gasteiger partial charge is 0.191 e. The Bertz CT molecular complexity index is 576. The maximum Gasteiger partial charge on any atom is 0.191 e. The van der Waals surface area contributed by atoms with Gasteiger partial charge in [0.25, 0.3) is 0 Å². The van der Waals surface area contributed by atoms with E-state index in [4.69, 9.17) is 14.5 Å². The molecule has 7 heteroatoms. The second-order valence-corrected chi connectivity index (χ2v) is 7.27. The fourth-order valence-electron chi connectivity index (χ4n) is 3.18. The molecule has 29 heavy (non-hydrogen) atoms. The van der Waals surface area contributed by atoms with Gasteiger partial charge in [-0.3, -0.25) is 0 Å². The summed E-state index contributed by atoms with van der Waals surface area (Å²) in [6.45, 7) is 11.4. The quantitative estimate of drug-likeness (QED) is 0.299. The Morgan fingerprint density at radius 2 is 1.86 bits per heavy atom. The van der Waals surface area contributed by atoms with Crippen molar-refractivity contribution in [2.75, 3.05) is 57.5 Å². The van der Waals surface area contributed by atoms with Crippen LogP contribution < -0.4 is 15.5 Å². The number of ether oxygens (including phenoxy) is 2. The first-order valence-corrected chi connectivity index (χ1v) is 11.2. The minimum atomic E-state index is 0.630. The van der Waals surface area contributed by atoms with E-state index in [2.05, 4.69) is 40.4 Å². The summed E-state index contributed by atoms with van der Waals surface area (Å²) in [6.07, 6.45) is 8.01. The van der Waals surface area contributed by atoms with E-state index in [1.165, 1.54) is 24.8 Å². The number of rotatable bonds is 13. The maximum absolute atomic E-state index is 5.60. The number of aliphatic imine (C=N–C) groups is 1. The Hall–Kier alpha value is -1.86. The van der Waals surface area contributed by atoms with E-state index in [9.17, 15) is 0 Å². The first-order chi connectivity index (χ1) is 14.3. The third kappa shape index (κ3) is 9.94. The van der Waals surface area contributed by atoms with Crippen LogP contribution in [0, 0.1) is 0 Å². The molecule has 1 fully saturated rings. The molecule has 0 atom stereocenters. The summed E-state index contributed by atoms with van der Waals surface area (Å²) in [7, 11) is 0. The molecule has 0 unspecified atom stereocenters. The summed E-state index contributed by atoms with van der Waals surface area (Å²) in [5, 5.41) is 6.62. The molecule has 2 N–H and O–H groups in total. The van der Waals surface area contributed by atoms with Crippen LogP contribution in [0.5, 0.6) is 0 Å². The Morgan fingerprint density at radius 1 is 1.07 bits per heavy atom. The number of anilines is 1. The largest absolute Gasteiger partial charge is 0.379 e. The number of nitrogens with zero attached hydrogens (tertiary/aromatic N) is 3. The molecule has 0 saturated carbocycles. The van der Waals surface area contributed by atoms with Gasteiger partial charge in [-0.05, 0) is 50.3 Å². The van der Waals surface area contributed by atoms with Crippen LogP contribution in [0.25, 0.3) is 0 Å². The van der Waals surface area contributed by atoms with Crippen LogP contribution in [0.3, 0.4) is 0 Å². The fraction of sp³-hybridized carbons (Fsp3) is 0.727. The summed E-state index contributed by atoms with van der Waals surface area (Å²) in [4.78, 5) is 11.6. The molecule has 1 saturated heterocycles. The van der Waals surface area contributed by atoms with Crippen molar-refractivity contribution in [3.8, 4) is 0 Å². The second-order valence-electron chi connectivity index (χ2n) is 7.27. The zero-order valence-corrected chi connectivity index (χ0v) is 18.3. The standard InChI is InChI=1S/C22H39N5O2/c1-3-5-14-28-16-17-29-15-11-25-22(23-4-2)26-19-20-9-10-24-21(18-20)27-12-7-6-8-13-27/h9-10,18H,3-8,11-17,19H2,1-2H3,(H2,23,25,26). The Kier molecular flexibility index (Phi) is 12.1. The second kappa shape index (κ2) is 15.0. The molecule has 1 aliphatic heterocycles. The van der Waals surface area contributed by atoms with E-state index in [0.29, 0.717) is 26.4 Å². The number of guanidine groups is 1. The van der Waals surface area contributed by atoms with Crippen molar-refractivity contribution >= 4 is 11.8 Å². The van der Waals surface area contributed by atoms with Crippen molar-refractivity contribution in [1.29, 1.82) is 0 Å². The highest BCUT2D eigenvalue weighted by molar-refractivity contribution is 5.79. The third-order valence-corrected chi connectivity index (χ3v) is 4.81. The number of nitrogens with one attached hydrogen (secondary N) is 2. The minimum Gasteiger partial charge on any atom is -0.379 e. The van der Waals surface area contributed by atoms with Crippen molar-refractivity contribution in [2.45, 2.75) is 52.5 Å². The first kappa shape index (κ1) is 23.4. The molecule has 2 heterocycles. The lowest BCUT2D eigenvalue weighted by Crippen LogP contribution is -2.39. The van der Waals surface area contributed by atoms with E-state index in [1.54, 1.807) is 0 Å². The zero-order valence-electron chi connectivity index (χ0n) is 18.3. The molecular weight excluding hydrogens is 366 g/mol. The molecule has 0 aromatic carbocycles. The van der Waals surface area contributed by atoms with Crippen LogP contribution in [0.15, 0.2) is 23.3 Å². The van der Waals surface area contributed by atoms with Gasteiger partial charge < -0.3 is 25.0 Å². The van der Waals surface area contributed by atoms with Crippen LogP contribution in [0.2, 0.25) is 0 Å². The van der Waals surface area contributed by atoms with Gasteiger partial charge in [-0.2, -0.15) is 0 Å². The SMILES string of the molecule is CCCCOCCOCCNC(=NCc1ccnc(N2CCCCC2)c1)NCC. The average Bonchev–Trinajstić information content (AvgIpc) is 2.77. The molecule has 0 amide bonds. The van der Waals surface area contributed by atoms with E-state index in [-0.39, 0.29) is 0 Å². The molecule has 2 rings (SSSR count). The van der Waals surface area contributed by atoms with Crippen LogP contribution >= 0.6 is 0 Å². The van der Waals surface area contributed by atoms with Crippen molar-refractivity contribution in [3.63, 3.8) is 0 Å². The van der Waals surface area contributed by atoms with Gasteiger partial charge in [0.1, 0.15) is 5.82 Å². The predicted octanol–water partition coefficient (Wildman–Crippen LogP) is 2.96. The van der Waals surface area contributed by atoms with Gasteiger partial charge in [-0.15, -0.1) is 0 Å². The predicted molar refractivity (Wildman–Crippen MR) is 120 cm³/mol. The lowest BCUT2D eigenvalue weighted by molar-refractivity contribution is 0.0487. The molecule has 0 bridgehead atoms. The number of hydrogen-bond acceptors (Lipinski definition) is 5. The number of piperidine rings is 1. The molecule has 1 aromatic rings. The van der Waals surface area contributed by atoms with E-state index >= 15 is 0 Å². The van der Waals surface area contributed by atoms with Gasteiger partial charge in [0.05, 0.1) is 26.4 Å². The van der Waals surface area contributed by atoms with Gasteiger partial charge in [0.15, 0.2) is 5.96 Å². The molecule has 1 aliphatic rings. The molecule has 7 nitrogen and oxygen atoms in total.